The van der Waals surface area contributed by atoms with Crippen molar-refractivity contribution in [2.24, 2.45) is 10.8 Å². The summed E-state index contributed by atoms with van der Waals surface area (Å²) in [5, 5.41) is -5.30. The van der Waals surface area contributed by atoms with E-state index in [0.717, 1.165) is 50.7 Å². The van der Waals surface area contributed by atoms with E-state index in [9.17, 15) is 34.8 Å². The van der Waals surface area contributed by atoms with Gasteiger partial charge < -0.3 is 0 Å². The summed E-state index contributed by atoms with van der Waals surface area (Å²) in [4.78, 5) is 26.9. The Morgan fingerprint density at radius 2 is 0.905 bits per heavy atom. The molecule has 340 valence electrons. The SMILES string of the molecule is CC1=C(/C=C/C(C)=C/C(C/C(C)=C/C(=O)S(=O)(=O)C(=O)/C=C(\C)CC(/C=C(C)/C=C/C2=C(C)CCCC2(C)C)S(=O)(=O)c2ccccc2)S(=O)(=O)c2ccccc2)C(C)(C)CCC1. The number of rotatable bonds is 16. The van der Waals surface area contributed by atoms with Gasteiger partial charge in [-0.05, 0) is 151 Å². The van der Waals surface area contributed by atoms with E-state index in [1.165, 1.54) is 60.4 Å². The van der Waals surface area contributed by atoms with Crippen molar-refractivity contribution in [3.05, 3.63) is 154 Å². The van der Waals surface area contributed by atoms with Crippen LogP contribution in [0.4, 0.5) is 0 Å². The summed E-state index contributed by atoms with van der Waals surface area (Å²) in [7, 11) is -13.1. The van der Waals surface area contributed by atoms with Gasteiger partial charge in [-0.2, -0.15) is 0 Å². The number of hydrogen-bond acceptors (Lipinski definition) is 8. The summed E-state index contributed by atoms with van der Waals surface area (Å²) < 4.78 is 82.9. The summed E-state index contributed by atoms with van der Waals surface area (Å²) >= 11 is 0. The predicted molar refractivity (Wildman–Crippen MR) is 257 cm³/mol. The molecule has 2 atom stereocenters. The zero-order valence-corrected chi connectivity index (χ0v) is 41.1. The molecule has 0 aromatic heterocycles. The first-order chi connectivity index (χ1) is 29.3. The minimum Gasteiger partial charge on any atom is -0.276 e. The number of carbonyl (C=O) groups excluding carboxylic acids is 2. The maximum atomic E-state index is 14.0. The van der Waals surface area contributed by atoms with Crippen LogP contribution in [0.1, 0.15) is 121 Å². The van der Waals surface area contributed by atoms with Gasteiger partial charge in [-0.15, -0.1) is 0 Å². The minimum atomic E-state index is -5.09. The van der Waals surface area contributed by atoms with Gasteiger partial charge in [0.15, 0.2) is 19.7 Å². The smallest absolute Gasteiger partial charge is 0.276 e. The van der Waals surface area contributed by atoms with E-state index in [1.807, 2.05) is 24.3 Å². The fourth-order valence-electron chi connectivity index (χ4n) is 8.64. The lowest BCUT2D eigenvalue weighted by atomic mass is 9.72. The van der Waals surface area contributed by atoms with Gasteiger partial charge >= 0.3 is 0 Å². The quantitative estimate of drug-likeness (QED) is 0.120. The van der Waals surface area contributed by atoms with Gasteiger partial charge in [0, 0.05) is 0 Å². The zero-order chi connectivity index (χ0) is 47.0. The monoisotopic (exact) mass is 914 g/mol. The molecule has 0 amide bonds. The Morgan fingerprint density at radius 3 is 1.22 bits per heavy atom. The Morgan fingerprint density at radius 1 is 0.571 bits per heavy atom. The van der Waals surface area contributed by atoms with Crippen molar-refractivity contribution in [2.45, 2.75) is 141 Å². The molecule has 0 spiro atoms. The van der Waals surface area contributed by atoms with Crippen molar-refractivity contribution in [1.82, 2.24) is 0 Å². The van der Waals surface area contributed by atoms with Crippen LogP contribution in [-0.4, -0.2) is 46.0 Å². The average molecular weight is 915 g/mol. The van der Waals surface area contributed by atoms with Crippen molar-refractivity contribution in [3.8, 4) is 0 Å². The van der Waals surface area contributed by atoms with Gasteiger partial charge in [-0.1, -0.05) is 134 Å². The molecule has 8 nitrogen and oxygen atoms in total. The molecular formula is C52H66O8S3. The number of allylic oxidation sites excluding steroid dienone is 12. The van der Waals surface area contributed by atoms with Crippen molar-refractivity contribution in [2.75, 3.05) is 0 Å². The number of sulfone groups is 3. The van der Waals surface area contributed by atoms with Gasteiger partial charge in [-0.3, -0.25) is 9.59 Å². The highest BCUT2D eigenvalue weighted by Crippen LogP contribution is 2.42. The van der Waals surface area contributed by atoms with Crippen LogP contribution in [0, 0.1) is 10.8 Å². The molecule has 2 aliphatic carbocycles. The number of carbonyl (C=O) groups is 2. The largest absolute Gasteiger partial charge is 0.281 e. The van der Waals surface area contributed by atoms with Crippen molar-refractivity contribution in [1.29, 1.82) is 0 Å². The van der Waals surface area contributed by atoms with Crippen LogP contribution in [0.25, 0.3) is 0 Å². The standard InChI is InChI=1S/C52H66O8S3/c1-37(25-27-47-41(5)19-17-29-51(47,7)8)31-45(61(55,56)43-21-13-11-14-22-43)33-39(3)35-49(53)63(59,60)50(54)36-40(4)34-46(62(57,58)44-23-15-12-16-24-44)32-38(2)26-28-48-42(6)20-18-30-52(48,9)10/h11-16,21-28,31-32,35-36,45-46H,17-20,29-30,33-34H2,1-10H3/b27-25+,28-26+,37-31+,38-32+,39-35+,40-36+. The Kier molecular flexibility index (Phi) is 17.1. The molecule has 0 aliphatic heterocycles. The van der Waals surface area contributed by atoms with Gasteiger partial charge in [0.2, 0.25) is 0 Å². The van der Waals surface area contributed by atoms with Crippen LogP contribution in [-0.2, 0) is 39.1 Å². The molecule has 2 aromatic carbocycles. The molecule has 0 bridgehead atoms. The lowest BCUT2D eigenvalue weighted by Crippen LogP contribution is -2.24. The normalized spacial score (nSPS) is 19.5. The molecule has 2 aromatic rings. The second-order valence-electron chi connectivity index (χ2n) is 18.7. The highest BCUT2D eigenvalue weighted by molar-refractivity contribution is 8.19. The number of benzene rings is 2. The molecule has 0 N–H and O–H groups in total. The van der Waals surface area contributed by atoms with Gasteiger partial charge in [-0.25, -0.2) is 25.3 Å². The summed E-state index contributed by atoms with van der Waals surface area (Å²) in [6.45, 7) is 19.5. The van der Waals surface area contributed by atoms with Gasteiger partial charge in [0.25, 0.3) is 20.1 Å². The average Bonchev–Trinajstić information content (AvgIpc) is 3.20. The molecule has 4 rings (SSSR count). The van der Waals surface area contributed by atoms with Gasteiger partial charge in [0.05, 0.1) is 20.3 Å². The van der Waals surface area contributed by atoms with Crippen LogP contribution >= 0.6 is 0 Å². The van der Waals surface area contributed by atoms with Crippen molar-refractivity contribution < 1.29 is 34.8 Å². The lowest BCUT2D eigenvalue weighted by molar-refractivity contribution is -0.110. The second-order valence-corrected chi connectivity index (χ2v) is 24.8. The Labute approximate surface area is 378 Å². The fourth-order valence-corrected chi connectivity index (χ4v) is 13.1. The molecule has 2 unspecified atom stereocenters. The second kappa shape index (κ2) is 21.0. The van der Waals surface area contributed by atoms with Crippen LogP contribution < -0.4 is 0 Å². The molecule has 2 aliphatic rings. The summed E-state index contributed by atoms with van der Waals surface area (Å²) in [6.07, 6.45) is 18.5. The van der Waals surface area contributed by atoms with E-state index >= 15 is 0 Å². The van der Waals surface area contributed by atoms with E-state index in [4.69, 9.17) is 0 Å². The first-order valence-electron chi connectivity index (χ1n) is 21.7. The highest BCUT2D eigenvalue weighted by atomic mass is 32.2. The lowest BCUT2D eigenvalue weighted by Gasteiger charge is -2.33. The molecule has 63 heavy (non-hydrogen) atoms. The summed E-state index contributed by atoms with van der Waals surface area (Å²) in [5.41, 5.74) is 6.61. The van der Waals surface area contributed by atoms with E-state index < -0.39 is 50.2 Å². The maximum Gasteiger partial charge on any atom is 0.281 e. The Balaban J connectivity index is 1.62. The molecule has 0 fully saturated rings. The van der Waals surface area contributed by atoms with Crippen LogP contribution in [0.2, 0.25) is 0 Å². The van der Waals surface area contributed by atoms with Crippen LogP contribution in [0.3, 0.4) is 0 Å². The maximum absolute atomic E-state index is 14.0. The molecular weight excluding hydrogens is 849 g/mol. The van der Waals surface area contributed by atoms with Crippen LogP contribution in [0.15, 0.2) is 164 Å². The van der Waals surface area contributed by atoms with E-state index in [0.29, 0.717) is 11.1 Å². The minimum absolute atomic E-state index is 0.0243. The van der Waals surface area contributed by atoms with E-state index in [-0.39, 0.29) is 44.6 Å². The van der Waals surface area contributed by atoms with Crippen LogP contribution in [0.5, 0.6) is 0 Å². The Bertz CT molecular complexity index is 2450. The first kappa shape index (κ1) is 51.2. The molecule has 0 saturated carbocycles. The molecule has 0 saturated heterocycles. The third kappa shape index (κ3) is 13.3. The fraction of sp³-hybridized carbons (Fsp3) is 0.423. The van der Waals surface area contributed by atoms with Crippen molar-refractivity contribution >= 4 is 39.7 Å². The highest BCUT2D eigenvalue weighted by Gasteiger charge is 2.33. The third-order valence-corrected chi connectivity index (χ3v) is 17.6. The predicted octanol–water partition coefficient (Wildman–Crippen LogP) is 11.9. The summed E-state index contributed by atoms with van der Waals surface area (Å²) in [6, 6.07) is 15.8. The van der Waals surface area contributed by atoms with Gasteiger partial charge in [0.1, 0.15) is 0 Å². The molecule has 0 radical (unpaired) electrons. The summed E-state index contributed by atoms with van der Waals surface area (Å²) in [5.74, 6) is 0. The molecule has 0 heterocycles. The molecule has 11 heteroatoms. The van der Waals surface area contributed by atoms with Crippen molar-refractivity contribution in [3.63, 3.8) is 0 Å². The topological polar surface area (TPSA) is 137 Å². The van der Waals surface area contributed by atoms with E-state index in [2.05, 4.69) is 41.5 Å². The zero-order valence-electron chi connectivity index (χ0n) is 38.7. The van der Waals surface area contributed by atoms with E-state index in [1.54, 1.807) is 62.4 Å². The first-order valence-corrected chi connectivity index (χ1v) is 26.3. The third-order valence-electron chi connectivity index (χ3n) is 12.3. The number of hydrogen-bond donors (Lipinski definition) is 0. The Hall–Kier alpha value is -4.45.